The quantitative estimate of drug-likeness (QED) is 0.665. The lowest BCUT2D eigenvalue weighted by molar-refractivity contribution is 0.445. The first-order chi connectivity index (χ1) is 9.15. The molecule has 2 rings (SSSR count). The summed E-state index contributed by atoms with van der Waals surface area (Å²) in [6.45, 7) is 2.72. The van der Waals surface area contributed by atoms with E-state index in [0.29, 0.717) is 12.5 Å². The molecule has 2 aromatic rings. The molecule has 0 unspecified atom stereocenters. The van der Waals surface area contributed by atoms with Crippen LogP contribution in [0.25, 0.3) is 5.69 Å². The average Bonchev–Trinajstić information content (AvgIpc) is 2.85. The lowest BCUT2D eigenvalue weighted by Crippen LogP contribution is -2.09. The summed E-state index contributed by atoms with van der Waals surface area (Å²) in [5.41, 5.74) is -0.0737. The van der Waals surface area contributed by atoms with Gasteiger partial charge in [-0.2, -0.15) is 0 Å². The van der Waals surface area contributed by atoms with Gasteiger partial charge in [0, 0.05) is 18.9 Å². The van der Waals surface area contributed by atoms with E-state index in [-0.39, 0.29) is 5.69 Å². The molecule has 19 heavy (non-hydrogen) atoms. The maximum atomic E-state index is 13.7. The standard InChI is InChI=1S/C13H14F3N3/c1-2-3-6-17-13-18-7-8-19(13)10-5-4-9(14)11(15)12(10)16/h4-5,7-8H,2-3,6H2,1H3,(H,17,18). The molecule has 6 heteroatoms. The molecule has 0 saturated heterocycles. The summed E-state index contributed by atoms with van der Waals surface area (Å²) in [4.78, 5) is 4.03. The third kappa shape index (κ3) is 2.72. The minimum absolute atomic E-state index is 0.0737. The fourth-order valence-electron chi connectivity index (χ4n) is 1.71. The molecule has 0 fully saturated rings. The molecule has 3 nitrogen and oxygen atoms in total. The number of anilines is 1. The monoisotopic (exact) mass is 269 g/mol. The summed E-state index contributed by atoms with van der Waals surface area (Å²) in [5, 5.41) is 3.02. The van der Waals surface area contributed by atoms with Crippen molar-refractivity contribution in [3.8, 4) is 5.69 Å². The Labute approximate surface area is 109 Å². The van der Waals surface area contributed by atoms with Gasteiger partial charge in [-0.05, 0) is 18.6 Å². The van der Waals surface area contributed by atoms with Crippen LogP contribution < -0.4 is 5.32 Å². The Morgan fingerprint density at radius 3 is 2.74 bits per heavy atom. The minimum Gasteiger partial charge on any atom is -0.355 e. The fourth-order valence-corrected chi connectivity index (χ4v) is 1.71. The van der Waals surface area contributed by atoms with Gasteiger partial charge < -0.3 is 5.32 Å². The molecule has 1 aromatic heterocycles. The zero-order valence-electron chi connectivity index (χ0n) is 10.5. The molecule has 0 aliphatic heterocycles. The highest BCUT2D eigenvalue weighted by molar-refractivity contribution is 5.43. The smallest absolute Gasteiger partial charge is 0.207 e. The number of nitrogens with one attached hydrogen (secondary N) is 1. The number of hydrogen-bond donors (Lipinski definition) is 1. The lowest BCUT2D eigenvalue weighted by Gasteiger charge is -2.10. The highest BCUT2D eigenvalue weighted by Crippen LogP contribution is 2.21. The van der Waals surface area contributed by atoms with Crippen LogP contribution in [0.15, 0.2) is 24.5 Å². The van der Waals surface area contributed by atoms with Gasteiger partial charge in [0.25, 0.3) is 0 Å². The van der Waals surface area contributed by atoms with Gasteiger partial charge in [-0.3, -0.25) is 4.57 Å². The number of nitrogens with zero attached hydrogens (tertiary/aromatic N) is 2. The molecule has 0 radical (unpaired) electrons. The molecule has 0 atom stereocenters. The second-order valence-electron chi connectivity index (χ2n) is 4.10. The van der Waals surface area contributed by atoms with Crippen molar-refractivity contribution >= 4 is 5.95 Å². The number of imidazole rings is 1. The van der Waals surface area contributed by atoms with Crippen LogP contribution in [-0.4, -0.2) is 16.1 Å². The second kappa shape index (κ2) is 5.77. The predicted molar refractivity (Wildman–Crippen MR) is 66.8 cm³/mol. The van der Waals surface area contributed by atoms with E-state index in [9.17, 15) is 13.2 Å². The van der Waals surface area contributed by atoms with Crippen molar-refractivity contribution in [1.82, 2.24) is 9.55 Å². The number of hydrogen-bond acceptors (Lipinski definition) is 2. The van der Waals surface area contributed by atoms with E-state index in [1.807, 2.05) is 6.92 Å². The first-order valence-corrected chi connectivity index (χ1v) is 6.06. The zero-order chi connectivity index (χ0) is 13.8. The van der Waals surface area contributed by atoms with Gasteiger partial charge in [-0.1, -0.05) is 13.3 Å². The molecule has 0 aliphatic rings. The predicted octanol–water partition coefficient (Wildman–Crippen LogP) is 3.50. The third-order valence-corrected chi connectivity index (χ3v) is 2.73. The molecular weight excluding hydrogens is 255 g/mol. The number of rotatable bonds is 5. The minimum atomic E-state index is -1.48. The normalized spacial score (nSPS) is 10.7. The van der Waals surface area contributed by atoms with Crippen LogP contribution in [0.2, 0.25) is 0 Å². The Balaban J connectivity index is 2.32. The van der Waals surface area contributed by atoms with Crippen molar-refractivity contribution in [3.05, 3.63) is 42.0 Å². The molecule has 0 spiro atoms. The first kappa shape index (κ1) is 13.5. The topological polar surface area (TPSA) is 29.9 Å². The number of halogens is 3. The third-order valence-electron chi connectivity index (χ3n) is 2.73. The molecule has 0 amide bonds. The van der Waals surface area contributed by atoms with Crippen LogP contribution in [0.5, 0.6) is 0 Å². The Hall–Kier alpha value is -1.98. The van der Waals surface area contributed by atoms with E-state index in [4.69, 9.17) is 0 Å². The number of unbranched alkanes of at least 4 members (excludes halogenated alkanes) is 1. The van der Waals surface area contributed by atoms with Crippen molar-refractivity contribution < 1.29 is 13.2 Å². The van der Waals surface area contributed by atoms with E-state index in [1.54, 1.807) is 0 Å². The van der Waals surface area contributed by atoms with E-state index in [1.165, 1.54) is 23.0 Å². The molecule has 1 heterocycles. The number of aromatic nitrogens is 2. The van der Waals surface area contributed by atoms with E-state index >= 15 is 0 Å². The summed E-state index contributed by atoms with van der Waals surface area (Å²) in [7, 11) is 0. The van der Waals surface area contributed by atoms with Crippen molar-refractivity contribution in [3.63, 3.8) is 0 Å². The average molecular weight is 269 g/mol. The van der Waals surface area contributed by atoms with Crippen molar-refractivity contribution in [1.29, 1.82) is 0 Å². The van der Waals surface area contributed by atoms with Crippen LogP contribution in [0.4, 0.5) is 19.1 Å². The number of benzene rings is 1. The van der Waals surface area contributed by atoms with E-state index in [2.05, 4.69) is 10.3 Å². The SMILES string of the molecule is CCCCNc1nccn1-c1ccc(F)c(F)c1F. The molecule has 0 aliphatic carbocycles. The van der Waals surface area contributed by atoms with Gasteiger partial charge in [-0.15, -0.1) is 0 Å². The summed E-state index contributed by atoms with van der Waals surface area (Å²) in [5.74, 6) is -3.51. The molecular formula is C13H14F3N3. The van der Waals surface area contributed by atoms with Crippen molar-refractivity contribution in [2.75, 3.05) is 11.9 Å². The molecule has 102 valence electrons. The van der Waals surface area contributed by atoms with Crippen molar-refractivity contribution in [2.24, 2.45) is 0 Å². The summed E-state index contributed by atoms with van der Waals surface area (Å²) >= 11 is 0. The summed E-state index contributed by atoms with van der Waals surface area (Å²) in [6.07, 6.45) is 4.90. The highest BCUT2D eigenvalue weighted by atomic mass is 19.2. The van der Waals surface area contributed by atoms with Gasteiger partial charge in [0.2, 0.25) is 5.95 Å². The van der Waals surface area contributed by atoms with Crippen LogP contribution >= 0.6 is 0 Å². The lowest BCUT2D eigenvalue weighted by atomic mass is 10.3. The Bertz CT molecular complexity index is 566. The van der Waals surface area contributed by atoms with E-state index in [0.717, 1.165) is 18.9 Å². The highest BCUT2D eigenvalue weighted by Gasteiger charge is 2.16. The Kier molecular flexibility index (Phi) is 4.09. The Morgan fingerprint density at radius 2 is 2.00 bits per heavy atom. The van der Waals surface area contributed by atoms with Crippen molar-refractivity contribution in [2.45, 2.75) is 19.8 Å². The first-order valence-electron chi connectivity index (χ1n) is 6.06. The zero-order valence-corrected chi connectivity index (χ0v) is 10.5. The molecule has 0 bridgehead atoms. The van der Waals surface area contributed by atoms with Gasteiger partial charge in [0.1, 0.15) is 0 Å². The fraction of sp³-hybridized carbons (Fsp3) is 0.308. The van der Waals surface area contributed by atoms with Crippen LogP contribution in [-0.2, 0) is 0 Å². The Morgan fingerprint density at radius 1 is 1.21 bits per heavy atom. The van der Waals surface area contributed by atoms with Crippen LogP contribution in [0.1, 0.15) is 19.8 Å². The van der Waals surface area contributed by atoms with Crippen LogP contribution in [0, 0.1) is 17.5 Å². The molecule has 0 saturated carbocycles. The summed E-state index contributed by atoms with van der Waals surface area (Å²) < 4.78 is 41.2. The second-order valence-corrected chi connectivity index (χ2v) is 4.10. The largest absolute Gasteiger partial charge is 0.355 e. The van der Waals surface area contributed by atoms with Crippen LogP contribution in [0.3, 0.4) is 0 Å². The summed E-state index contributed by atoms with van der Waals surface area (Å²) in [6, 6.07) is 2.07. The van der Waals surface area contributed by atoms with Gasteiger partial charge in [0.15, 0.2) is 17.5 Å². The molecule has 1 N–H and O–H groups in total. The van der Waals surface area contributed by atoms with Gasteiger partial charge in [-0.25, -0.2) is 18.2 Å². The maximum absolute atomic E-state index is 13.7. The van der Waals surface area contributed by atoms with Gasteiger partial charge >= 0.3 is 0 Å². The molecule has 1 aromatic carbocycles. The van der Waals surface area contributed by atoms with Gasteiger partial charge in [0.05, 0.1) is 5.69 Å². The maximum Gasteiger partial charge on any atom is 0.207 e. The van der Waals surface area contributed by atoms with E-state index < -0.39 is 17.5 Å².